The van der Waals surface area contributed by atoms with Gasteiger partial charge in [0.2, 0.25) is 0 Å². The van der Waals surface area contributed by atoms with Gasteiger partial charge in [-0.15, -0.1) is 0 Å². The van der Waals surface area contributed by atoms with Gasteiger partial charge in [-0.05, 0) is 32.8 Å². The topological polar surface area (TPSA) is 43.8 Å². The first kappa shape index (κ1) is 11.6. The van der Waals surface area contributed by atoms with Crippen LogP contribution in [0.1, 0.15) is 57.7 Å². The maximum Gasteiger partial charge on any atom is 0.0642 e. The van der Waals surface area contributed by atoms with E-state index in [0.717, 1.165) is 12.1 Å². The monoisotopic (exact) mass is 221 g/mol. The lowest BCUT2D eigenvalue weighted by Crippen LogP contribution is -2.34. The molecule has 1 fully saturated rings. The Hall–Kier alpha value is -0.830. The Morgan fingerprint density at radius 2 is 2.06 bits per heavy atom. The lowest BCUT2D eigenvalue weighted by atomic mass is 9.96. The van der Waals surface area contributed by atoms with E-state index in [-0.39, 0.29) is 5.54 Å². The minimum atomic E-state index is -0.161. The van der Waals surface area contributed by atoms with E-state index < -0.39 is 0 Å². The minimum absolute atomic E-state index is 0.161. The molecule has 0 amide bonds. The molecule has 0 atom stereocenters. The molecule has 3 nitrogen and oxygen atoms in total. The first-order chi connectivity index (χ1) is 7.54. The highest BCUT2D eigenvalue weighted by Crippen LogP contribution is 2.27. The molecule has 3 heteroatoms. The van der Waals surface area contributed by atoms with E-state index in [4.69, 9.17) is 5.73 Å². The zero-order valence-electron chi connectivity index (χ0n) is 10.4. The van der Waals surface area contributed by atoms with Gasteiger partial charge in [-0.3, -0.25) is 4.68 Å². The molecule has 0 bridgehead atoms. The van der Waals surface area contributed by atoms with Gasteiger partial charge in [-0.2, -0.15) is 5.10 Å². The lowest BCUT2D eigenvalue weighted by Gasteiger charge is -2.22. The van der Waals surface area contributed by atoms with E-state index in [1.54, 1.807) is 0 Å². The Kier molecular flexibility index (Phi) is 3.33. The maximum atomic E-state index is 6.01. The van der Waals surface area contributed by atoms with Crippen LogP contribution in [0.2, 0.25) is 0 Å². The average molecular weight is 221 g/mol. The second-order valence-electron chi connectivity index (χ2n) is 5.74. The van der Waals surface area contributed by atoms with Crippen LogP contribution in [0.3, 0.4) is 0 Å². The summed E-state index contributed by atoms with van der Waals surface area (Å²) in [6.07, 6.45) is 9.63. The molecule has 2 rings (SSSR count). The van der Waals surface area contributed by atoms with E-state index in [0.29, 0.717) is 6.04 Å². The molecule has 0 radical (unpaired) electrons. The molecule has 0 unspecified atom stereocenters. The smallest absolute Gasteiger partial charge is 0.0642 e. The van der Waals surface area contributed by atoms with Gasteiger partial charge in [0.25, 0.3) is 0 Å². The zero-order valence-corrected chi connectivity index (χ0v) is 10.4. The minimum Gasteiger partial charge on any atom is -0.325 e. The molecule has 1 aliphatic carbocycles. The van der Waals surface area contributed by atoms with Crippen molar-refractivity contribution in [1.29, 1.82) is 0 Å². The van der Waals surface area contributed by atoms with Crippen molar-refractivity contribution in [3.8, 4) is 0 Å². The van der Waals surface area contributed by atoms with Crippen LogP contribution >= 0.6 is 0 Å². The van der Waals surface area contributed by atoms with E-state index in [1.165, 1.54) is 32.1 Å². The molecular formula is C13H23N3. The van der Waals surface area contributed by atoms with Crippen molar-refractivity contribution in [3.05, 3.63) is 18.0 Å². The predicted molar refractivity (Wildman–Crippen MR) is 66.3 cm³/mol. The van der Waals surface area contributed by atoms with E-state index >= 15 is 0 Å². The van der Waals surface area contributed by atoms with Crippen molar-refractivity contribution in [2.45, 2.75) is 64.0 Å². The Labute approximate surface area is 98.0 Å². The van der Waals surface area contributed by atoms with E-state index in [2.05, 4.69) is 22.0 Å². The second-order valence-corrected chi connectivity index (χ2v) is 5.74. The van der Waals surface area contributed by atoms with Crippen molar-refractivity contribution >= 4 is 0 Å². The van der Waals surface area contributed by atoms with Crippen LogP contribution in [0.15, 0.2) is 12.3 Å². The molecule has 1 saturated carbocycles. The molecule has 0 saturated heterocycles. The Bertz CT molecular complexity index is 329. The first-order valence-electron chi connectivity index (χ1n) is 6.37. The summed E-state index contributed by atoms with van der Waals surface area (Å²) in [5, 5.41) is 4.66. The summed E-state index contributed by atoms with van der Waals surface area (Å²) in [6, 6.07) is 2.74. The highest BCUT2D eigenvalue weighted by atomic mass is 15.3. The van der Waals surface area contributed by atoms with E-state index in [9.17, 15) is 0 Å². The van der Waals surface area contributed by atoms with Gasteiger partial charge < -0.3 is 5.73 Å². The van der Waals surface area contributed by atoms with Crippen molar-refractivity contribution in [1.82, 2.24) is 9.78 Å². The normalized spacial score (nSPS) is 18.9. The van der Waals surface area contributed by atoms with Crippen LogP contribution in [0.25, 0.3) is 0 Å². The van der Waals surface area contributed by atoms with Crippen LogP contribution < -0.4 is 5.73 Å². The molecule has 0 aliphatic heterocycles. The molecule has 1 aromatic heterocycles. The van der Waals surface area contributed by atoms with Crippen LogP contribution in [-0.4, -0.2) is 15.3 Å². The van der Waals surface area contributed by atoms with Gasteiger partial charge in [0.15, 0.2) is 0 Å². The summed E-state index contributed by atoms with van der Waals surface area (Å²) in [7, 11) is 0. The zero-order chi connectivity index (χ0) is 11.6. The number of aromatic nitrogens is 2. The molecule has 16 heavy (non-hydrogen) atoms. The van der Waals surface area contributed by atoms with Gasteiger partial charge in [-0.1, -0.05) is 19.3 Å². The Morgan fingerprint density at radius 1 is 1.38 bits per heavy atom. The van der Waals surface area contributed by atoms with Crippen LogP contribution in [0.4, 0.5) is 0 Å². The number of hydrogen-bond acceptors (Lipinski definition) is 2. The average Bonchev–Trinajstić information content (AvgIpc) is 2.65. The van der Waals surface area contributed by atoms with Gasteiger partial charge in [-0.25, -0.2) is 0 Å². The second kappa shape index (κ2) is 4.58. The molecule has 1 aliphatic rings. The summed E-state index contributed by atoms with van der Waals surface area (Å²) in [5.41, 5.74) is 6.97. The fraction of sp³-hybridized carbons (Fsp3) is 0.769. The number of nitrogens with zero attached hydrogens (tertiary/aromatic N) is 2. The Balaban J connectivity index is 2.01. The fourth-order valence-corrected chi connectivity index (χ4v) is 2.49. The summed E-state index contributed by atoms with van der Waals surface area (Å²) < 4.78 is 2.15. The third-order valence-electron chi connectivity index (χ3n) is 3.25. The van der Waals surface area contributed by atoms with Crippen molar-refractivity contribution < 1.29 is 0 Å². The quantitative estimate of drug-likeness (QED) is 0.852. The van der Waals surface area contributed by atoms with Crippen molar-refractivity contribution in [3.63, 3.8) is 0 Å². The number of hydrogen-bond donors (Lipinski definition) is 1. The first-order valence-corrected chi connectivity index (χ1v) is 6.37. The molecule has 90 valence electrons. The number of nitrogens with two attached hydrogens (primary N) is 1. The molecule has 2 N–H and O–H groups in total. The summed E-state index contributed by atoms with van der Waals surface area (Å²) >= 11 is 0. The van der Waals surface area contributed by atoms with Crippen LogP contribution in [-0.2, 0) is 6.42 Å². The third kappa shape index (κ3) is 3.08. The standard InChI is InChI=1S/C13H23N3/c1-13(2,14)10-11-8-9-16(15-11)12-6-4-3-5-7-12/h8-9,12H,3-7,10,14H2,1-2H3. The highest BCUT2D eigenvalue weighted by molar-refractivity contribution is 5.04. The van der Waals surface area contributed by atoms with Gasteiger partial charge in [0.1, 0.15) is 0 Å². The largest absolute Gasteiger partial charge is 0.325 e. The molecule has 1 aromatic rings. The Morgan fingerprint density at radius 3 is 2.69 bits per heavy atom. The van der Waals surface area contributed by atoms with Crippen molar-refractivity contribution in [2.24, 2.45) is 5.73 Å². The summed E-state index contributed by atoms with van der Waals surface area (Å²) in [6.45, 7) is 4.10. The van der Waals surface area contributed by atoms with E-state index in [1.807, 2.05) is 13.8 Å². The predicted octanol–water partition coefficient (Wildman–Crippen LogP) is 2.67. The van der Waals surface area contributed by atoms with Crippen molar-refractivity contribution in [2.75, 3.05) is 0 Å². The summed E-state index contributed by atoms with van der Waals surface area (Å²) in [5.74, 6) is 0. The molecule has 0 aromatic carbocycles. The third-order valence-corrected chi connectivity index (χ3v) is 3.25. The maximum absolute atomic E-state index is 6.01. The number of rotatable bonds is 3. The highest BCUT2D eigenvalue weighted by Gasteiger charge is 2.18. The molecule has 1 heterocycles. The van der Waals surface area contributed by atoms with Gasteiger partial charge in [0.05, 0.1) is 11.7 Å². The summed E-state index contributed by atoms with van der Waals surface area (Å²) in [4.78, 5) is 0. The SMILES string of the molecule is CC(C)(N)Cc1ccn(C2CCCCC2)n1. The molecule has 0 spiro atoms. The lowest BCUT2D eigenvalue weighted by molar-refractivity contribution is 0.327. The van der Waals surface area contributed by atoms with Gasteiger partial charge in [0, 0.05) is 18.2 Å². The van der Waals surface area contributed by atoms with Gasteiger partial charge >= 0.3 is 0 Å². The fourth-order valence-electron chi connectivity index (χ4n) is 2.49. The van der Waals surface area contributed by atoms with Crippen LogP contribution in [0, 0.1) is 0 Å². The molecular weight excluding hydrogens is 198 g/mol. The van der Waals surface area contributed by atoms with Crippen LogP contribution in [0.5, 0.6) is 0 Å².